The van der Waals surface area contributed by atoms with Gasteiger partial charge in [-0.25, -0.2) is 0 Å². The number of carbonyl (C=O) groups is 1. The second kappa shape index (κ2) is 4.97. The first-order chi connectivity index (χ1) is 8.37. The Labute approximate surface area is 113 Å². The third-order valence-corrected chi connectivity index (χ3v) is 4.32. The molecule has 1 atom stereocenters. The number of halogens is 2. The molecule has 1 aromatic carbocycles. The second-order valence-corrected chi connectivity index (χ2v) is 6.50. The Bertz CT molecular complexity index is 575. The molecule has 1 saturated heterocycles. The van der Waals surface area contributed by atoms with Gasteiger partial charge in [-0.2, -0.15) is 8.42 Å². The quantitative estimate of drug-likeness (QED) is 0.795. The molecule has 2 rings (SSSR count). The maximum Gasteiger partial charge on any atom is 0.302 e. The van der Waals surface area contributed by atoms with Crippen LogP contribution in [0.2, 0.25) is 0 Å². The van der Waals surface area contributed by atoms with Gasteiger partial charge in [0, 0.05) is 23.4 Å². The van der Waals surface area contributed by atoms with E-state index in [4.69, 9.17) is 0 Å². The molecule has 7 heteroatoms. The van der Waals surface area contributed by atoms with E-state index in [1.807, 2.05) is 6.07 Å². The van der Waals surface area contributed by atoms with Crippen LogP contribution in [0.25, 0.3) is 0 Å². The fourth-order valence-corrected chi connectivity index (χ4v) is 3.36. The molecule has 0 aliphatic carbocycles. The van der Waals surface area contributed by atoms with Crippen molar-refractivity contribution in [3.63, 3.8) is 0 Å². The van der Waals surface area contributed by atoms with Crippen molar-refractivity contribution in [2.75, 3.05) is 17.2 Å². The van der Waals surface area contributed by atoms with E-state index in [0.717, 1.165) is 4.47 Å². The van der Waals surface area contributed by atoms with Crippen LogP contribution in [0.5, 0.6) is 0 Å². The van der Waals surface area contributed by atoms with Gasteiger partial charge in [-0.15, -0.1) is 3.89 Å². The minimum absolute atomic E-state index is 0.0600. The predicted octanol–water partition coefficient (Wildman–Crippen LogP) is 2.10. The summed E-state index contributed by atoms with van der Waals surface area (Å²) in [6.45, 7) is 0.227. The molecule has 18 heavy (non-hydrogen) atoms. The zero-order valence-electron chi connectivity index (χ0n) is 9.34. The van der Waals surface area contributed by atoms with Crippen LogP contribution in [0, 0.1) is 5.92 Å². The number of nitrogens with zero attached hydrogens (tertiary/aromatic N) is 1. The van der Waals surface area contributed by atoms with Crippen molar-refractivity contribution in [3.05, 3.63) is 28.7 Å². The number of amides is 1. The van der Waals surface area contributed by atoms with E-state index in [0.29, 0.717) is 5.69 Å². The van der Waals surface area contributed by atoms with Gasteiger partial charge in [-0.05, 0) is 28.1 Å². The van der Waals surface area contributed by atoms with Gasteiger partial charge in [0.1, 0.15) is 0 Å². The van der Waals surface area contributed by atoms with E-state index in [1.54, 1.807) is 18.2 Å². The molecular weight excluding hydrogens is 325 g/mol. The molecule has 1 amide bonds. The summed E-state index contributed by atoms with van der Waals surface area (Å²) in [5, 5.41) is 0. The smallest absolute Gasteiger partial charge is 0.302 e. The van der Waals surface area contributed by atoms with Crippen molar-refractivity contribution in [2.45, 2.75) is 6.42 Å². The molecule has 1 fully saturated rings. The summed E-state index contributed by atoms with van der Waals surface area (Å²) in [4.78, 5) is 13.3. The minimum atomic E-state index is -4.54. The Kier molecular flexibility index (Phi) is 3.72. The molecule has 0 saturated carbocycles. The summed E-state index contributed by atoms with van der Waals surface area (Å²) >= 11 is 3.33. The van der Waals surface area contributed by atoms with Gasteiger partial charge >= 0.3 is 10.2 Å². The summed E-state index contributed by atoms with van der Waals surface area (Å²) in [6, 6.07) is 7.15. The highest BCUT2D eigenvalue weighted by Gasteiger charge is 2.34. The van der Waals surface area contributed by atoms with E-state index >= 15 is 0 Å². The van der Waals surface area contributed by atoms with Crippen molar-refractivity contribution < 1.29 is 17.1 Å². The highest BCUT2D eigenvalue weighted by molar-refractivity contribution is 9.10. The van der Waals surface area contributed by atoms with Crippen molar-refractivity contribution in [1.82, 2.24) is 0 Å². The number of benzene rings is 1. The Balaban J connectivity index is 2.18. The van der Waals surface area contributed by atoms with Gasteiger partial charge < -0.3 is 4.90 Å². The van der Waals surface area contributed by atoms with Crippen LogP contribution in [0.4, 0.5) is 9.57 Å². The summed E-state index contributed by atoms with van der Waals surface area (Å²) in [5.74, 6) is -1.27. The molecular formula is C11H11BrFNO3S. The first-order valence-corrected chi connectivity index (χ1v) is 7.68. The normalized spacial score (nSPS) is 20.4. The zero-order chi connectivity index (χ0) is 13.3. The van der Waals surface area contributed by atoms with E-state index in [-0.39, 0.29) is 18.9 Å². The third-order valence-electron chi connectivity index (χ3n) is 2.78. The summed E-state index contributed by atoms with van der Waals surface area (Å²) in [7, 11) is -4.54. The highest BCUT2D eigenvalue weighted by Crippen LogP contribution is 2.31. The van der Waals surface area contributed by atoms with Gasteiger partial charge in [0.25, 0.3) is 0 Å². The molecule has 0 aromatic heterocycles. The number of hydrogen-bond donors (Lipinski definition) is 0. The van der Waals surface area contributed by atoms with E-state index in [1.165, 1.54) is 4.90 Å². The second-order valence-electron chi connectivity index (χ2n) is 4.23. The van der Waals surface area contributed by atoms with Crippen LogP contribution in [-0.2, 0) is 15.0 Å². The predicted molar refractivity (Wildman–Crippen MR) is 69.5 cm³/mol. The lowest BCUT2D eigenvalue weighted by atomic mass is 10.1. The van der Waals surface area contributed by atoms with E-state index in [2.05, 4.69) is 15.9 Å². The fraction of sp³-hybridized carbons (Fsp3) is 0.364. The standard InChI is InChI=1S/C11H11BrFNO3S/c12-9-3-1-2-4-10(9)14-6-8(5-11(14)15)7-18(13,16)17/h1-4,8H,5-7H2. The van der Waals surface area contributed by atoms with Crippen LogP contribution in [0.15, 0.2) is 28.7 Å². The van der Waals surface area contributed by atoms with Gasteiger partial charge in [0.05, 0.1) is 11.4 Å². The third kappa shape index (κ3) is 3.08. The lowest BCUT2D eigenvalue weighted by molar-refractivity contribution is -0.117. The average Bonchev–Trinajstić information content (AvgIpc) is 2.57. The van der Waals surface area contributed by atoms with Gasteiger partial charge in [0.15, 0.2) is 0 Å². The maximum absolute atomic E-state index is 12.6. The number of rotatable bonds is 3. The maximum atomic E-state index is 12.6. The Morgan fingerprint density at radius 1 is 1.39 bits per heavy atom. The Morgan fingerprint density at radius 2 is 2.06 bits per heavy atom. The first kappa shape index (κ1) is 13.5. The summed E-state index contributed by atoms with van der Waals surface area (Å²) in [6.07, 6.45) is 0.0600. The molecule has 1 aliphatic rings. The molecule has 1 heterocycles. The molecule has 98 valence electrons. The minimum Gasteiger partial charge on any atom is -0.311 e. The number of anilines is 1. The molecule has 4 nitrogen and oxygen atoms in total. The number of hydrogen-bond acceptors (Lipinski definition) is 3. The van der Waals surface area contributed by atoms with Gasteiger partial charge in [-0.3, -0.25) is 4.79 Å². The van der Waals surface area contributed by atoms with Crippen LogP contribution in [-0.4, -0.2) is 26.6 Å². The van der Waals surface area contributed by atoms with Crippen LogP contribution >= 0.6 is 15.9 Å². The van der Waals surface area contributed by atoms with Crippen LogP contribution in [0.1, 0.15) is 6.42 Å². The molecule has 0 bridgehead atoms. The molecule has 0 radical (unpaired) electrons. The molecule has 1 aromatic rings. The lowest BCUT2D eigenvalue weighted by Gasteiger charge is -2.17. The van der Waals surface area contributed by atoms with Crippen molar-refractivity contribution in [3.8, 4) is 0 Å². The summed E-state index contributed by atoms with van der Waals surface area (Å²) in [5.41, 5.74) is 0.682. The topological polar surface area (TPSA) is 54.5 Å². The van der Waals surface area contributed by atoms with Crippen molar-refractivity contribution in [1.29, 1.82) is 0 Å². The Hall–Kier alpha value is -0.950. The first-order valence-electron chi connectivity index (χ1n) is 5.34. The SMILES string of the molecule is O=C1CC(CS(=O)(=O)F)CN1c1ccccc1Br. The van der Waals surface area contributed by atoms with E-state index in [9.17, 15) is 17.1 Å². The van der Waals surface area contributed by atoms with E-state index < -0.39 is 21.9 Å². The number of para-hydroxylation sites is 1. The molecule has 1 unspecified atom stereocenters. The number of carbonyl (C=O) groups excluding carboxylic acids is 1. The van der Waals surface area contributed by atoms with Crippen LogP contribution < -0.4 is 4.90 Å². The van der Waals surface area contributed by atoms with Crippen molar-refractivity contribution >= 4 is 37.7 Å². The van der Waals surface area contributed by atoms with Crippen molar-refractivity contribution in [2.24, 2.45) is 5.92 Å². The largest absolute Gasteiger partial charge is 0.311 e. The molecule has 1 aliphatic heterocycles. The van der Waals surface area contributed by atoms with Crippen LogP contribution in [0.3, 0.4) is 0 Å². The lowest BCUT2D eigenvalue weighted by Crippen LogP contribution is -2.25. The zero-order valence-corrected chi connectivity index (χ0v) is 11.7. The Morgan fingerprint density at radius 3 is 2.67 bits per heavy atom. The molecule has 0 spiro atoms. The van der Waals surface area contributed by atoms with Gasteiger partial charge in [-0.1, -0.05) is 12.1 Å². The average molecular weight is 336 g/mol. The highest BCUT2D eigenvalue weighted by atomic mass is 79.9. The molecule has 0 N–H and O–H groups in total. The fourth-order valence-electron chi connectivity index (χ4n) is 2.08. The summed E-state index contributed by atoms with van der Waals surface area (Å²) < 4.78 is 34.6. The van der Waals surface area contributed by atoms with Gasteiger partial charge in [0.2, 0.25) is 5.91 Å². The monoisotopic (exact) mass is 335 g/mol.